The number of benzene rings is 1. The molecule has 0 aliphatic rings. The Kier molecular flexibility index (Phi) is 4.04. The Bertz CT molecular complexity index is 544. The van der Waals surface area contributed by atoms with Crippen LogP contribution in [0.4, 0.5) is 5.69 Å². The molecule has 1 N–H and O–H groups in total. The summed E-state index contributed by atoms with van der Waals surface area (Å²) >= 11 is 5.71. The van der Waals surface area contributed by atoms with Crippen LogP contribution in [0, 0.1) is 10.1 Å². The van der Waals surface area contributed by atoms with Gasteiger partial charge in [0.1, 0.15) is 4.90 Å². The molecule has 9 heteroatoms. The first kappa shape index (κ1) is 13.8. The first-order valence-electron chi connectivity index (χ1n) is 4.38. The molecule has 1 aromatic carbocycles. The summed E-state index contributed by atoms with van der Waals surface area (Å²) in [6, 6.07) is 3.22. The number of non-ortho nitro benzene ring substituents is 1. The highest BCUT2D eigenvalue weighted by Gasteiger charge is 2.21. The third kappa shape index (κ3) is 3.37. The van der Waals surface area contributed by atoms with Crippen molar-refractivity contribution < 1.29 is 13.3 Å². The third-order valence-corrected chi connectivity index (χ3v) is 3.68. The molecule has 1 rings (SSSR count). The van der Waals surface area contributed by atoms with Gasteiger partial charge in [-0.05, 0) is 6.07 Å². The summed E-state index contributed by atoms with van der Waals surface area (Å²) in [5.74, 6) is 0. The number of hydrazine groups is 1. The van der Waals surface area contributed by atoms with E-state index in [9.17, 15) is 18.5 Å². The van der Waals surface area contributed by atoms with E-state index in [2.05, 4.69) is 4.83 Å². The van der Waals surface area contributed by atoms with Crippen LogP contribution in [0.2, 0.25) is 5.02 Å². The van der Waals surface area contributed by atoms with Crippen molar-refractivity contribution in [2.75, 3.05) is 14.1 Å². The number of nitrogens with zero attached hydrogens (tertiary/aromatic N) is 2. The molecule has 0 aliphatic heterocycles. The van der Waals surface area contributed by atoms with E-state index in [1.54, 1.807) is 0 Å². The Morgan fingerprint density at radius 2 is 2.00 bits per heavy atom. The minimum atomic E-state index is -3.91. The number of halogens is 1. The average Bonchev–Trinajstić information content (AvgIpc) is 2.15. The second-order valence-corrected chi connectivity index (χ2v) is 5.40. The topological polar surface area (TPSA) is 92.6 Å². The van der Waals surface area contributed by atoms with Crippen LogP contribution in [0.15, 0.2) is 23.1 Å². The second-order valence-electron chi connectivity index (χ2n) is 3.36. The van der Waals surface area contributed by atoms with E-state index in [1.807, 2.05) is 0 Å². The predicted molar refractivity (Wildman–Crippen MR) is 62.1 cm³/mol. The Morgan fingerprint density at radius 3 is 2.47 bits per heavy atom. The fourth-order valence-electron chi connectivity index (χ4n) is 1.10. The highest BCUT2D eigenvalue weighted by molar-refractivity contribution is 7.89. The largest absolute Gasteiger partial charge is 0.270 e. The van der Waals surface area contributed by atoms with Crippen molar-refractivity contribution >= 4 is 27.3 Å². The predicted octanol–water partition coefficient (Wildman–Crippen LogP) is 1.00. The van der Waals surface area contributed by atoms with Gasteiger partial charge in [0, 0.05) is 26.2 Å². The fraction of sp³-hybridized carbons (Fsp3) is 0.250. The van der Waals surface area contributed by atoms with Crippen LogP contribution >= 0.6 is 11.6 Å². The molecular weight excluding hydrogens is 270 g/mol. The van der Waals surface area contributed by atoms with Gasteiger partial charge in [-0.25, -0.2) is 13.4 Å². The van der Waals surface area contributed by atoms with Crippen molar-refractivity contribution in [2.24, 2.45) is 0 Å². The molecule has 0 saturated carbocycles. The molecule has 0 bridgehead atoms. The van der Waals surface area contributed by atoms with Crippen LogP contribution in [0.25, 0.3) is 0 Å². The summed E-state index contributed by atoms with van der Waals surface area (Å²) in [6.45, 7) is 0. The molecule has 7 nitrogen and oxygen atoms in total. The number of nitro groups is 1. The van der Waals surface area contributed by atoms with Crippen LogP contribution in [0.5, 0.6) is 0 Å². The van der Waals surface area contributed by atoms with E-state index < -0.39 is 14.9 Å². The van der Waals surface area contributed by atoms with E-state index in [-0.39, 0.29) is 15.6 Å². The molecular formula is C8H10ClN3O4S. The van der Waals surface area contributed by atoms with Gasteiger partial charge in [0.05, 0.1) is 9.95 Å². The van der Waals surface area contributed by atoms with Gasteiger partial charge in [0.15, 0.2) is 0 Å². The maximum atomic E-state index is 11.8. The summed E-state index contributed by atoms with van der Waals surface area (Å²) in [4.78, 5) is 11.7. The minimum absolute atomic E-state index is 0.0787. The maximum absolute atomic E-state index is 11.8. The lowest BCUT2D eigenvalue weighted by Gasteiger charge is -2.13. The first-order chi connectivity index (χ1) is 7.74. The quantitative estimate of drug-likeness (QED) is 0.656. The zero-order valence-corrected chi connectivity index (χ0v) is 10.6. The zero-order valence-electron chi connectivity index (χ0n) is 9.05. The Labute approximate surface area is 103 Å². The van der Waals surface area contributed by atoms with Gasteiger partial charge in [-0.15, -0.1) is 4.83 Å². The van der Waals surface area contributed by atoms with Gasteiger partial charge in [0.25, 0.3) is 15.7 Å². The molecule has 0 fully saturated rings. The van der Waals surface area contributed by atoms with Gasteiger partial charge in [-0.2, -0.15) is 0 Å². The number of sulfonamides is 1. The van der Waals surface area contributed by atoms with Crippen molar-refractivity contribution in [1.82, 2.24) is 9.84 Å². The third-order valence-electron chi connectivity index (χ3n) is 1.72. The van der Waals surface area contributed by atoms with Crippen LogP contribution < -0.4 is 4.83 Å². The zero-order chi connectivity index (χ0) is 13.2. The number of nitrogens with one attached hydrogen (secondary N) is 1. The Balaban J connectivity index is 3.30. The molecule has 0 aromatic heterocycles. The fourth-order valence-corrected chi connectivity index (χ4v) is 2.70. The first-order valence-corrected chi connectivity index (χ1v) is 6.24. The smallest absolute Gasteiger partial charge is 0.258 e. The van der Waals surface area contributed by atoms with Crippen LogP contribution in [-0.4, -0.2) is 32.4 Å². The van der Waals surface area contributed by atoms with Gasteiger partial charge in [-0.3, -0.25) is 10.1 Å². The summed E-state index contributed by atoms with van der Waals surface area (Å²) in [7, 11) is -0.957. The molecule has 0 radical (unpaired) electrons. The van der Waals surface area contributed by atoms with Gasteiger partial charge in [0.2, 0.25) is 0 Å². The molecule has 0 amide bonds. The van der Waals surface area contributed by atoms with Crippen LogP contribution in [-0.2, 0) is 10.0 Å². The standard InChI is InChI=1S/C8H10ClN3O4S/c1-11(2)10-17(15,16)8-5-6(12(13)14)3-4-7(8)9/h3-5,10H,1-2H3. The number of hydrogen-bond donors (Lipinski definition) is 1. The van der Waals surface area contributed by atoms with E-state index in [0.29, 0.717) is 0 Å². The molecule has 1 aromatic rings. The molecule has 0 atom stereocenters. The molecule has 0 aliphatic carbocycles. The maximum Gasteiger partial charge on any atom is 0.270 e. The minimum Gasteiger partial charge on any atom is -0.258 e. The lowest BCUT2D eigenvalue weighted by atomic mass is 10.3. The van der Waals surface area contributed by atoms with Crippen LogP contribution in [0.3, 0.4) is 0 Å². The Hall–Kier alpha value is -1.22. The number of nitro benzene ring substituents is 1. The van der Waals surface area contributed by atoms with E-state index in [1.165, 1.54) is 25.2 Å². The SMILES string of the molecule is CN(C)NS(=O)(=O)c1cc([N+](=O)[O-])ccc1Cl. The van der Waals surface area contributed by atoms with Gasteiger partial charge >= 0.3 is 0 Å². The van der Waals surface area contributed by atoms with Gasteiger partial charge in [-0.1, -0.05) is 11.6 Å². The van der Waals surface area contributed by atoms with Crippen molar-refractivity contribution in [3.8, 4) is 0 Å². The van der Waals surface area contributed by atoms with E-state index >= 15 is 0 Å². The van der Waals surface area contributed by atoms with Crippen molar-refractivity contribution in [1.29, 1.82) is 0 Å². The van der Waals surface area contributed by atoms with Gasteiger partial charge < -0.3 is 0 Å². The Morgan fingerprint density at radius 1 is 1.41 bits per heavy atom. The molecule has 17 heavy (non-hydrogen) atoms. The highest BCUT2D eigenvalue weighted by atomic mass is 35.5. The summed E-state index contributed by atoms with van der Waals surface area (Å²) in [5, 5.41) is 11.7. The van der Waals surface area contributed by atoms with Crippen molar-refractivity contribution in [2.45, 2.75) is 4.90 Å². The number of rotatable bonds is 4. The average molecular weight is 280 g/mol. The van der Waals surface area contributed by atoms with Crippen LogP contribution in [0.1, 0.15) is 0 Å². The van der Waals surface area contributed by atoms with E-state index in [0.717, 1.165) is 12.1 Å². The molecule has 0 unspecified atom stereocenters. The van der Waals surface area contributed by atoms with Crippen molar-refractivity contribution in [3.05, 3.63) is 33.3 Å². The lowest BCUT2D eigenvalue weighted by Crippen LogP contribution is -2.36. The van der Waals surface area contributed by atoms with E-state index in [4.69, 9.17) is 11.6 Å². The summed E-state index contributed by atoms with van der Waals surface area (Å²) in [5.41, 5.74) is -0.339. The molecule has 94 valence electrons. The molecule has 0 saturated heterocycles. The summed E-state index contributed by atoms with van der Waals surface area (Å²) < 4.78 is 23.6. The second kappa shape index (κ2) is 4.96. The monoisotopic (exact) mass is 279 g/mol. The molecule has 0 heterocycles. The van der Waals surface area contributed by atoms with Crippen molar-refractivity contribution in [3.63, 3.8) is 0 Å². The lowest BCUT2D eigenvalue weighted by molar-refractivity contribution is -0.385. The summed E-state index contributed by atoms with van der Waals surface area (Å²) in [6.07, 6.45) is 0. The highest BCUT2D eigenvalue weighted by Crippen LogP contribution is 2.25. The normalized spacial score (nSPS) is 11.8. The number of hydrogen-bond acceptors (Lipinski definition) is 5. The molecule has 0 spiro atoms.